The Morgan fingerprint density at radius 2 is 2.21 bits per heavy atom. The number of fused-ring (bicyclic) bond motifs is 1. The fourth-order valence-corrected chi connectivity index (χ4v) is 2.12. The molecule has 104 valence electrons. The molecule has 19 heavy (non-hydrogen) atoms. The smallest absolute Gasteiger partial charge is 0.260 e. The first-order valence-corrected chi connectivity index (χ1v) is 6.58. The SMILES string of the molecule is CCN(CC)C(=O)COc1ccc2c(c1)OCC2N. The topological polar surface area (TPSA) is 64.8 Å². The molecule has 1 unspecified atom stereocenters. The largest absolute Gasteiger partial charge is 0.491 e. The van der Waals surface area contributed by atoms with Gasteiger partial charge < -0.3 is 20.1 Å². The fraction of sp³-hybridized carbons (Fsp3) is 0.500. The number of benzene rings is 1. The summed E-state index contributed by atoms with van der Waals surface area (Å²) in [6.45, 7) is 5.84. The Bertz CT molecular complexity index is 458. The molecule has 1 amide bonds. The molecule has 5 heteroatoms. The van der Waals surface area contributed by atoms with E-state index in [2.05, 4.69) is 0 Å². The van der Waals surface area contributed by atoms with Crippen LogP contribution in [-0.2, 0) is 4.79 Å². The van der Waals surface area contributed by atoms with E-state index >= 15 is 0 Å². The molecule has 2 N–H and O–H groups in total. The van der Waals surface area contributed by atoms with Gasteiger partial charge in [0.1, 0.15) is 18.1 Å². The van der Waals surface area contributed by atoms with Gasteiger partial charge in [0.2, 0.25) is 0 Å². The third-order valence-corrected chi connectivity index (χ3v) is 3.28. The van der Waals surface area contributed by atoms with Crippen molar-refractivity contribution < 1.29 is 14.3 Å². The van der Waals surface area contributed by atoms with Crippen LogP contribution in [0.25, 0.3) is 0 Å². The standard InChI is InChI=1S/C14H20N2O3/c1-3-16(4-2)14(17)9-18-10-5-6-11-12(15)8-19-13(11)7-10/h5-7,12H,3-4,8-9,15H2,1-2H3. The fourth-order valence-electron chi connectivity index (χ4n) is 2.12. The average molecular weight is 264 g/mol. The molecule has 2 rings (SSSR count). The highest BCUT2D eigenvalue weighted by Gasteiger charge is 2.21. The summed E-state index contributed by atoms with van der Waals surface area (Å²) < 4.78 is 10.9. The van der Waals surface area contributed by atoms with E-state index in [-0.39, 0.29) is 18.6 Å². The molecule has 1 aliphatic heterocycles. The zero-order valence-corrected chi connectivity index (χ0v) is 11.4. The zero-order chi connectivity index (χ0) is 13.8. The van der Waals surface area contributed by atoms with E-state index in [0.717, 1.165) is 11.3 Å². The van der Waals surface area contributed by atoms with Crippen molar-refractivity contribution in [2.24, 2.45) is 5.73 Å². The van der Waals surface area contributed by atoms with Gasteiger partial charge in [-0.2, -0.15) is 0 Å². The molecule has 5 nitrogen and oxygen atoms in total. The van der Waals surface area contributed by atoms with Crippen LogP contribution >= 0.6 is 0 Å². The van der Waals surface area contributed by atoms with Gasteiger partial charge in [0.25, 0.3) is 5.91 Å². The summed E-state index contributed by atoms with van der Waals surface area (Å²) in [6, 6.07) is 5.44. The number of carbonyl (C=O) groups is 1. The summed E-state index contributed by atoms with van der Waals surface area (Å²) in [5.74, 6) is 1.37. The highest BCUT2D eigenvalue weighted by atomic mass is 16.5. The molecule has 1 heterocycles. The van der Waals surface area contributed by atoms with Crippen molar-refractivity contribution in [1.29, 1.82) is 0 Å². The minimum absolute atomic E-state index is 0.0110. The number of hydrogen-bond donors (Lipinski definition) is 1. The van der Waals surface area contributed by atoms with Crippen LogP contribution in [0, 0.1) is 0 Å². The molecule has 0 saturated heterocycles. The van der Waals surface area contributed by atoms with Crippen molar-refractivity contribution in [1.82, 2.24) is 4.90 Å². The Balaban J connectivity index is 1.96. The number of carbonyl (C=O) groups excluding carboxylic acids is 1. The summed E-state index contributed by atoms with van der Waals surface area (Å²) in [6.07, 6.45) is 0. The summed E-state index contributed by atoms with van der Waals surface area (Å²) in [7, 11) is 0. The van der Waals surface area contributed by atoms with Crippen LogP contribution in [0.5, 0.6) is 11.5 Å². The molecule has 1 aliphatic rings. The third-order valence-electron chi connectivity index (χ3n) is 3.28. The van der Waals surface area contributed by atoms with E-state index in [4.69, 9.17) is 15.2 Å². The predicted octanol–water partition coefficient (Wildman–Crippen LogP) is 1.33. The molecule has 1 aromatic rings. The van der Waals surface area contributed by atoms with Crippen LogP contribution < -0.4 is 15.2 Å². The maximum Gasteiger partial charge on any atom is 0.260 e. The molecule has 0 spiro atoms. The third kappa shape index (κ3) is 2.98. The number of rotatable bonds is 5. The lowest BCUT2D eigenvalue weighted by molar-refractivity contribution is -0.132. The van der Waals surface area contributed by atoms with Crippen molar-refractivity contribution in [2.75, 3.05) is 26.3 Å². The maximum absolute atomic E-state index is 11.8. The first-order chi connectivity index (χ1) is 9.15. The van der Waals surface area contributed by atoms with Crippen molar-refractivity contribution >= 4 is 5.91 Å². The second kappa shape index (κ2) is 5.93. The minimum Gasteiger partial charge on any atom is -0.491 e. The van der Waals surface area contributed by atoms with Gasteiger partial charge in [-0.3, -0.25) is 4.79 Å². The molecule has 0 saturated carbocycles. The van der Waals surface area contributed by atoms with Crippen molar-refractivity contribution in [3.8, 4) is 11.5 Å². The highest BCUT2D eigenvalue weighted by molar-refractivity contribution is 5.77. The first kappa shape index (κ1) is 13.7. The predicted molar refractivity (Wildman–Crippen MR) is 72.3 cm³/mol. The lowest BCUT2D eigenvalue weighted by Gasteiger charge is -2.18. The molecule has 0 aliphatic carbocycles. The van der Waals surface area contributed by atoms with Crippen molar-refractivity contribution in [3.63, 3.8) is 0 Å². The number of nitrogens with two attached hydrogens (primary N) is 1. The molecule has 0 fully saturated rings. The zero-order valence-electron chi connectivity index (χ0n) is 11.4. The molecule has 1 aromatic carbocycles. The Kier molecular flexibility index (Phi) is 4.27. The van der Waals surface area contributed by atoms with E-state index < -0.39 is 0 Å². The maximum atomic E-state index is 11.8. The quantitative estimate of drug-likeness (QED) is 0.871. The van der Waals surface area contributed by atoms with Crippen LogP contribution in [0.15, 0.2) is 18.2 Å². The van der Waals surface area contributed by atoms with Gasteiger partial charge in [0.05, 0.1) is 6.04 Å². The van der Waals surface area contributed by atoms with E-state index in [1.807, 2.05) is 26.0 Å². The Hall–Kier alpha value is -1.75. The summed E-state index contributed by atoms with van der Waals surface area (Å²) >= 11 is 0. The number of hydrogen-bond acceptors (Lipinski definition) is 4. The van der Waals surface area contributed by atoms with Crippen LogP contribution in [0.2, 0.25) is 0 Å². The normalized spacial score (nSPS) is 16.7. The molecule has 1 atom stereocenters. The second-order valence-electron chi connectivity index (χ2n) is 4.47. The second-order valence-corrected chi connectivity index (χ2v) is 4.47. The van der Waals surface area contributed by atoms with Crippen molar-refractivity contribution in [2.45, 2.75) is 19.9 Å². The molecule has 0 bridgehead atoms. The van der Waals surface area contributed by atoms with E-state index in [1.165, 1.54) is 0 Å². The van der Waals surface area contributed by atoms with E-state index in [9.17, 15) is 4.79 Å². The monoisotopic (exact) mass is 264 g/mol. The van der Waals surface area contributed by atoms with Gasteiger partial charge in [-0.1, -0.05) is 0 Å². The van der Waals surface area contributed by atoms with Crippen molar-refractivity contribution in [3.05, 3.63) is 23.8 Å². The van der Waals surface area contributed by atoms with Gasteiger partial charge in [-0.15, -0.1) is 0 Å². The van der Waals surface area contributed by atoms with Gasteiger partial charge in [-0.05, 0) is 26.0 Å². The highest BCUT2D eigenvalue weighted by Crippen LogP contribution is 2.33. The lowest BCUT2D eigenvalue weighted by atomic mass is 10.1. The first-order valence-electron chi connectivity index (χ1n) is 6.58. The Morgan fingerprint density at radius 1 is 1.47 bits per heavy atom. The number of likely N-dealkylation sites (N-methyl/N-ethyl adjacent to an activating group) is 1. The van der Waals surface area contributed by atoms with Gasteiger partial charge >= 0.3 is 0 Å². The van der Waals surface area contributed by atoms with Crippen LogP contribution in [0.3, 0.4) is 0 Å². The lowest BCUT2D eigenvalue weighted by Crippen LogP contribution is -2.34. The number of nitrogens with zero attached hydrogens (tertiary/aromatic N) is 1. The van der Waals surface area contributed by atoms with Gasteiger partial charge in [0, 0.05) is 24.7 Å². The molecular weight excluding hydrogens is 244 g/mol. The average Bonchev–Trinajstić information content (AvgIpc) is 2.79. The van der Waals surface area contributed by atoms with Crippen LogP contribution in [0.4, 0.5) is 0 Å². The molecular formula is C14H20N2O3. The summed E-state index contributed by atoms with van der Waals surface area (Å²) in [4.78, 5) is 13.6. The minimum atomic E-state index is -0.0682. The van der Waals surface area contributed by atoms with E-state index in [1.54, 1.807) is 11.0 Å². The number of ether oxygens (including phenoxy) is 2. The van der Waals surface area contributed by atoms with Gasteiger partial charge in [-0.25, -0.2) is 0 Å². The van der Waals surface area contributed by atoms with E-state index in [0.29, 0.717) is 25.4 Å². The summed E-state index contributed by atoms with van der Waals surface area (Å²) in [5, 5.41) is 0. The van der Waals surface area contributed by atoms with Crippen LogP contribution in [0.1, 0.15) is 25.5 Å². The Morgan fingerprint density at radius 3 is 2.89 bits per heavy atom. The van der Waals surface area contributed by atoms with Gasteiger partial charge in [0.15, 0.2) is 6.61 Å². The number of amides is 1. The summed E-state index contributed by atoms with van der Waals surface area (Å²) in [5.41, 5.74) is 6.86. The van der Waals surface area contributed by atoms with Crippen LogP contribution in [-0.4, -0.2) is 37.1 Å². The molecule has 0 radical (unpaired) electrons. The molecule has 0 aromatic heterocycles. The Labute approximate surface area is 113 Å².